The highest BCUT2D eigenvalue weighted by Gasteiger charge is 2.23. The lowest BCUT2D eigenvalue weighted by molar-refractivity contribution is 0.204. The van der Waals surface area contributed by atoms with Gasteiger partial charge < -0.3 is 0 Å². The number of nitrogens with one attached hydrogen (secondary N) is 1. The monoisotopic (exact) mass is 342 g/mol. The van der Waals surface area contributed by atoms with Crippen LogP contribution in [-0.4, -0.2) is 10.9 Å². The minimum atomic E-state index is 0.0510. The predicted molar refractivity (Wildman–Crippen MR) is 109 cm³/mol. The number of aliphatic imine (C=N–C) groups is 1. The van der Waals surface area contributed by atoms with Gasteiger partial charge in [-0.2, -0.15) is 0 Å². The van der Waals surface area contributed by atoms with Gasteiger partial charge in [-0.05, 0) is 29.2 Å². The Morgan fingerprint density at radius 1 is 1.04 bits per heavy atom. The molecule has 0 spiro atoms. The third kappa shape index (κ3) is 3.44. The van der Waals surface area contributed by atoms with Gasteiger partial charge in [0, 0.05) is 23.4 Å². The molecule has 0 fully saturated rings. The van der Waals surface area contributed by atoms with Gasteiger partial charge in [-0.3, -0.25) is 15.7 Å². The molecule has 3 rings (SSSR count). The van der Waals surface area contributed by atoms with Crippen LogP contribution in [0.25, 0.3) is 12.2 Å². The van der Waals surface area contributed by atoms with Crippen LogP contribution < -0.4 is 5.48 Å². The number of benzene rings is 2. The molecule has 0 radical (unpaired) electrons. The van der Waals surface area contributed by atoms with Crippen LogP contribution in [-0.2, 0) is 0 Å². The molecule has 0 bridgehead atoms. The third-order valence-corrected chi connectivity index (χ3v) is 4.58. The molecule has 2 aromatic carbocycles. The van der Waals surface area contributed by atoms with E-state index in [1.54, 1.807) is 12.3 Å². The van der Waals surface area contributed by atoms with Crippen molar-refractivity contribution in [3.63, 3.8) is 0 Å². The fourth-order valence-electron chi connectivity index (χ4n) is 3.21. The summed E-state index contributed by atoms with van der Waals surface area (Å²) >= 11 is 0. The molecule has 1 aliphatic carbocycles. The van der Waals surface area contributed by atoms with Gasteiger partial charge in [0.2, 0.25) is 0 Å². The van der Waals surface area contributed by atoms with Crippen LogP contribution in [0.2, 0.25) is 0 Å². The molecule has 3 heteroatoms. The molecule has 2 N–H and O–H groups in total. The van der Waals surface area contributed by atoms with E-state index >= 15 is 0 Å². The molecule has 0 saturated carbocycles. The number of fused-ring (bicyclic) bond motifs is 2. The number of allylic oxidation sites excluding steroid dienone is 1. The second-order valence-corrected chi connectivity index (χ2v) is 6.17. The first kappa shape index (κ1) is 17.6. The van der Waals surface area contributed by atoms with Crippen LogP contribution in [0.1, 0.15) is 35.1 Å². The quantitative estimate of drug-likeness (QED) is 0.438. The first-order chi connectivity index (χ1) is 12.7. The molecule has 2 aromatic rings. The summed E-state index contributed by atoms with van der Waals surface area (Å²) in [6, 6.07) is 16.8. The Morgan fingerprint density at radius 3 is 2.08 bits per heavy atom. The van der Waals surface area contributed by atoms with Crippen molar-refractivity contribution in [3.8, 4) is 0 Å². The van der Waals surface area contributed by atoms with Gasteiger partial charge in [-0.15, -0.1) is 0 Å². The van der Waals surface area contributed by atoms with Gasteiger partial charge in [0.1, 0.15) is 0 Å². The van der Waals surface area contributed by atoms with Gasteiger partial charge in [0.25, 0.3) is 0 Å². The normalized spacial score (nSPS) is 14.2. The number of nitrogens with zero attached hydrogens (tertiary/aromatic N) is 1. The zero-order valence-electron chi connectivity index (χ0n) is 14.8. The van der Waals surface area contributed by atoms with Crippen LogP contribution in [0, 0.1) is 0 Å². The Labute approximate surface area is 154 Å². The summed E-state index contributed by atoms with van der Waals surface area (Å²) in [5, 5.41) is 9.05. The maximum absolute atomic E-state index is 9.05. The van der Waals surface area contributed by atoms with Gasteiger partial charge in [-0.1, -0.05) is 79.9 Å². The van der Waals surface area contributed by atoms with Crippen molar-refractivity contribution >= 4 is 17.9 Å². The topological polar surface area (TPSA) is 44.6 Å². The lowest BCUT2D eigenvalue weighted by Gasteiger charge is -2.20. The summed E-state index contributed by atoms with van der Waals surface area (Å²) in [6.07, 6.45) is 7.60. The molecular formula is C23H22N2O. The van der Waals surface area contributed by atoms with E-state index in [1.165, 1.54) is 22.3 Å². The van der Waals surface area contributed by atoms with Crippen molar-refractivity contribution in [1.82, 2.24) is 5.48 Å². The standard InChI is InChI=1S/C23H22N2O/c1-4-18(16(2)25-26)15-24-17(3)23-21-11-7-5-9-19(21)13-14-20-10-6-8-12-22(20)23/h4-15,23,25-26H,1-2H2,3H3/b18-15+,24-17+. The Hall–Kier alpha value is -3.17. The average molecular weight is 342 g/mol. The first-order valence-electron chi connectivity index (χ1n) is 8.48. The molecule has 0 saturated heterocycles. The van der Waals surface area contributed by atoms with Crippen molar-refractivity contribution in [3.05, 3.63) is 107 Å². The third-order valence-electron chi connectivity index (χ3n) is 4.58. The molecule has 0 atom stereocenters. The molecule has 0 amide bonds. The fourth-order valence-corrected chi connectivity index (χ4v) is 3.21. The van der Waals surface area contributed by atoms with Crippen molar-refractivity contribution in [2.75, 3.05) is 0 Å². The van der Waals surface area contributed by atoms with E-state index in [4.69, 9.17) is 5.21 Å². The van der Waals surface area contributed by atoms with Crippen molar-refractivity contribution < 1.29 is 5.21 Å². The number of rotatable bonds is 5. The van der Waals surface area contributed by atoms with Crippen molar-refractivity contribution in [1.29, 1.82) is 0 Å². The maximum Gasteiger partial charge on any atom is 0.0617 e. The van der Waals surface area contributed by atoms with Crippen LogP contribution in [0.15, 0.2) is 90.2 Å². The number of hydroxylamine groups is 1. The van der Waals surface area contributed by atoms with Crippen LogP contribution in [0.4, 0.5) is 0 Å². The van der Waals surface area contributed by atoms with Gasteiger partial charge in [0.05, 0.1) is 5.70 Å². The summed E-state index contributed by atoms with van der Waals surface area (Å²) in [5.74, 6) is 0.0510. The Morgan fingerprint density at radius 2 is 1.58 bits per heavy atom. The highest BCUT2D eigenvalue weighted by Crippen LogP contribution is 2.35. The van der Waals surface area contributed by atoms with Crippen LogP contribution in [0.5, 0.6) is 0 Å². The summed E-state index contributed by atoms with van der Waals surface area (Å²) < 4.78 is 0. The smallest absolute Gasteiger partial charge is 0.0617 e. The number of hydrogen-bond donors (Lipinski definition) is 2. The van der Waals surface area contributed by atoms with Gasteiger partial charge in [-0.25, -0.2) is 0 Å². The predicted octanol–water partition coefficient (Wildman–Crippen LogP) is 5.33. The van der Waals surface area contributed by atoms with Gasteiger partial charge >= 0.3 is 0 Å². The van der Waals surface area contributed by atoms with Crippen molar-refractivity contribution in [2.24, 2.45) is 4.99 Å². The van der Waals surface area contributed by atoms with Crippen molar-refractivity contribution in [2.45, 2.75) is 12.8 Å². The molecular weight excluding hydrogens is 320 g/mol. The van der Waals surface area contributed by atoms with E-state index < -0.39 is 0 Å². The van der Waals surface area contributed by atoms with E-state index in [1.807, 2.05) is 12.4 Å². The molecule has 0 heterocycles. The lowest BCUT2D eigenvalue weighted by Crippen LogP contribution is -2.13. The van der Waals surface area contributed by atoms with E-state index in [0.717, 1.165) is 5.71 Å². The molecule has 1 aliphatic rings. The zero-order chi connectivity index (χ0) is 18.5. The fraction of sp³-hybridized carbons (Fsp3) is 0.0870. The minimum Gasteiger partial charge on any atom is -0.291 e. The van der Waals surface area contributed by atoms with E-state index in [-0.39, 0.29) is 5.92 Å². The first-order valence-corrected chi connectivity index (χ1v) is 8.48. The highest BCUT2D eigenvalue weighted by molar-refractivity contribution is 5.96. The minimum absolute atomic E-state index is 0.0510. The van der Waals surface area contributed by atoms with Crippen LogP contribution in [0.3, 0.4) is 0 Å². The van der Waals surface area contributed by atoms with Gasteiger partial charge in [0.15, 0.2) is 0 Å². The second kappa shape index (κ2) is 7.81. The number of hydrogen-bond acceptors (Lipinski definition) is 3. The Balaban J connectivity index is 2.13. The molecule has 0 unspecified atom stereocenters. The van der Waals surface area contributed by atoms with E-state index in [9.17, 15) is 0 Å². The SMILES string of the molecule is C=C/C(=C\N=C(/C)C1c2ccccc2C=Cc2ccccc21)C(=C)NO. The highest BCUT2D eigenvalue weighted by atomic mass is 16.5. The molecule has 3 nitrogen and oxygen atoms in total. The summed E-state index contributed by atoms with van der Waals surface area (Å²) in [4.78, 5) is 4.67. The second-order valence-electron chi connectivity index (χ2n) is 6.17. The van der Waals surface area contributed by atoms with E-state index in [0.29, 0.717) is 11.3 Å². The Bertz CT molecular complexity index is 885. The largest absolute Gasteiger partial charge is 0.291 e. The van der Waals surface area contributed by atoms with E-state index in [2.05, 4.69) is 78.8 Å². The molecule has 26 heavy (non-hydrogen) atoms. The molecule has 0 aliphatic heterocycles. The van der Waals surface area contributed by atoms with Crippen LogP contribution >= 0.6 is 0 Å². The molecule has 0 aromatic heterocycles. The summed E-state index contributed by atoms with van der Waals surface area (Å²) in [5.41, 5.74) is 8.84. The Kier molecular flexibility index (Phi) is 5.30. The summed E-state index contributed by atoms with van der Waals surface area (Å²) in [7, 11) is 0. The summed E-state index contributed by atoms with van der Waals surface area (Å²) in [6.45, 7) is 9.51. The zero-order valence-corrected chi connectivity index (χ0v) is 14.8. The lowest BCUT2D eigenvalue weighted by atomic mass is 9.84. The average Bonchev–Trinajstić information content (AvgIpc) is 2.85. The molecule has 130 valence electrons. The maximum atomic E-state index is 9.05.